The van der Waals surface area contributed by atoms with Crippen LogP contribution in [-0.2, 0) is 16.2 Å². The Morgan fingerprint density at radius 2 is 1.97 bits per heavy atom. The number of alkyl halides is 3. The lowest BCUT2D eigenvalue weighted by atomic mass is 10.1. The van der Waals surface area contributed by atoms with Gasteiger partial charge in [0.15, 0.2) is 16.7 Å². The molecule has 0 fully saturated rings. The van der Waals surface area contributed by atoms with Crippen molar-refractivity contribution < 1.29 is 30.7 Å². The molecule has 0 aliphatic carbocycles. The predicted octanol–water partition coefficient (Wildman–Crippen LogP) is 5.18. The smallest absolute Gasteiger partial charge is 0.415 e. The number of ether oxygens (including phenoxy) is 1. The first-order chi connectivity index (χ1) is 15.1. The summed E-state index contributed by atoms with van der Waals surface area (Å²) in [6.07, 6.45) is -3.24. The van der Waals surface area contributed by atoms with Crippen LogP contribution in [0.1, 0.15) is 5.56 Å². The highest BCUT2D eigenvalue weighted by molar-refractivity contribution is 7.93. The maximum Gasteiger partial charge on any atom is 0.415 e. The zero-order valence-corrected chi connectivity index (χ0v) is 17.5. The zero-order chi connectivity index (χ0) is 23.1. The molecule has 0 saturated heterocycles. The van der Waals surface area contributed by atoms with Gasteiger partial charge in [0.2, 0.25) is 5.69 Å². The molecule has 1 N–H and O–H groups in total. The van der Waals surface area contributed by atoms with E-state index in [1.165, 1.54) is 17.2 Å². The Bertz CT molecular complexity index is 1320. The number of benzene rings is 2. The Balaban J connectivity index is 1.76. The first kappa shape index (κ1) is 21.8. The molecule has 0 unspecified atom stereocenters. The van der Waals surface area contributed by atoms with Crippen LogP contribution in [0.15, 0.2) is 46.8 Å². The van der Waals surface area contributed by atoms with Gasteiger partial charge < -0.3 is 9.64 Å². The van der Waals surface area contributed by atoms with Crippen molar-refractivity contribution in [2.24, 2.45) is 0 Å². The van der Waals surface area contributed by atoms with Crippen molar-refractivity contribution >= 4 is 43.6 Å². The highest BCUT2D eigenvalue weighted by Gasteiger charge is 2.33. The summed E-state index contributed by atoms with van der Waals surface area (Å²) in [7, 11) is -4.31. The van der Waals surface area contributed by atoms with Crippen molar-refractivity contribution in [3.05, 3.63) is 64.7 Å². The second-order valence-electron chi connectivity index (χ2n) is 6.48. The quantitative estimate of drug-likeness (QED) is 0.408. The van der Waals surface area contributed by atoms with E-state index in [0.717, 1.165) is 29.5 Å². The normalized spacial score (nSPS) is 13.8. The molecule has 166 valence electrons. The number of aromatic nitrogens is 1. The second kappa shape index (κ2) is 7.95. The number of anilines is 3. The number of sulfonamides is 1. The molecule has 7 nitrogen and oxygen atoms in total. The number of rotatable bonds is 4. The average Bonchev–Trinajstić information content (AvgIpc) is 3.24. The summed E-state index contributed by atoms with van der Waals surface area (Å²) in [5.74, 6) is -1.54. The van der Waals surface area contributed by atoms with Gasteiger partial charge in [0, 0.05) is 22.8 Å². The van der Waals surface area contributed by atoms with Gasteiger partial charge >= 0.3 is 6.18 Å². The fourth-order valence-electron chi connectivity index (χ4n) is 3.16. The molecule has 1 aliphatic rings. The molecule has 0 saturated carbocycles. The minimum absolute atomic E-state index is 0.0520. The average molecular weight is 484 g/mol. The van der Waals surface area contributed by atoms with Crippen molar-refractivity contribution in [1.29, 1.82) is 0 Å². The lowest BCUT2D eigenvalue weighted by Crippen LogP contribution is -2.30. The van der Waals surface area contributed by atoms with Crippen molar-refractivity contribution in [2.45, 2.75) is 11.1 Å². The summed E-state index contributed by atoms with van der Waals surface area (Å²) in [6.45, 7) is 7.31. The van der Waals surface area contributed by atoms with Crippen LogP contribution >= 0.6 is 11.3 Å². The molecule has 1 aliphatic heterocycles. The number of nitrogens with one attached hydrogen (secondary N) is 1. The Morgan fingerprint density at radius 3 is 2.62 bits per heavy atom. The molecule has 2 aromatic carbocycles. The fraction of sp³-hybridized carbons (Fsp3) is 0.158. The monoisotopic (exact) mass is 484 g/mol. The lowest BCUT2D eigenvalue weighted by Gasteiger charge is -2.32. The summed E-state index contributed by atoms with van der Waals surface area (Å²) in [5, 5.41) is 1.59. The number of halogens is 4. The molecule has 1 aromatic heterocycles. The molecular formula is C19H12F4N4O3S2. The van der Waals surface area contributed by atoms with E-state index >= 15 is 4.39 Å². The third-order valence-corrected chi connectivity index (χ3v) is 6.72. The maximum absolute atomic E-state index is 15.2. The number of hydrogen-bond donors (Lipinski definition) is 1. The minimum Gasteiger partial charge on any atom is -0.486 e. The SMILES string of the molecule is [C-]#[N+]c1cc(C(F)(F)F)ccc1N1CCOc2c1ccc(S(=O)(=O)Nc1nccs1)c2F. The number of nitrogens with zero attached hydrogens (tertiary/aromatic N) is 3. The van der Waals surface area contributed by atoms with Crippen LogP contribution in [0.4, 0.5) is 39.8 Å². The Labute approximate surface area is 183 Å². The van der Waals surface area contributed by atoms with E-state index in [2.05, 4.69) is 14.6 Å². The summed E-state index contributed by atoms with van der Waals surface area (Å²) in [6, 6.07) is 4.96. The van der Waals surface area contributed by atoms with Crippen LogP contribution in [0.25, 0.3) is 4.85 Å². The minimum atomic E-state index is -4.62. The van der Waals surface area contributed by atoms with E-state index in [0.29, 0.717) is 6.07 Å². The number of thiazole rings is 1. The topological polar surface area (TPSA) is 75.9 Å². The van der Waals surface area contributed by atoms with Crippen LogP contribution in [0.5, 0.6) is 5.75 Å². The standard InChI is InChI=1S/C19H12F4N4O3S2/c1-24-12-10-11(19(21,22)23)2-3-13(12)27-7-8-30-17-14(27)4-5-15(16(17)20)32(28,29)26-18-25-6-9-31-18/h2-6,9-10H,7-8H2,(H,25,26). The van der Waals surface area contributed by atoms with Crippen LogP contribution in [0.2, 0.25) is 0 Å². The van der Waals surface area contributed by atoms with E-state index in [1.54, 1.807) is 5.38 Å². The van der Waals surface area contributed by atoms with Crippen LogP contribution in [0.3, 0.4) is 0 Å². The van der Waals surface area contributed by atoms with Crippen LogP contribution < -0.4 is 14.4 Å². The Morgan fingerprint density at radius 1 is 1.22 bits per heavy atom. The van der Waals surface area contributed by atoms with E-state index < -0.39 is 32.5 Å². The second-order valence-corrected chi connectivity index (χ2v) is 9.03. The fourth-order valence-corrected chi connectivity index (χ4v) is 5.02. The molecule has 32 heavy (non-hydrogen) atoms. The van der Waals surface area contributed by atoms with E-state index in [4.69, 9.17) is 11.3 Å². The largest absolute Gasteiger partial charge is 0.486 e. The van der Waals surface area contributed by atoms with Crippen LogP contribution in [-0.4, -0.2) is 26.6 Å². The molecule has 2 heterocycles. The highest BCUT2D eigenvalue weighted by Crippen LogP contribution is 2.45. The summed E-state index contributed by atoms with van der Waals surface area (Å²) in [4.78, 5) is 7.72. The third-order valence-electron chi connectivity index (χ3n) is 4.55. The Hall–Kier alpha value is -3.37. The van der Waals surface area contributed by atoms with E-state index in [1.807, 2.05) is 0 Å². The first-order valence-electron chi connectivity index (χ1n) is 8.85. The summed E-state index contributed by atoms with van der Waals surface area (Å²) >= 11 is 1.01. The van der Waals surface area contributed by atoms with Crippen molar-refractivity contribution in [3.63, 3.8) is 0 Å². The predicted molar refractivity (Wildman–Crippen MR) is 110 cm³/mol. The summed E-state index contributed by atoms with van der Waals surface area (Å²) < 4.78 is 86.9. The third kappa shape index (κ3) is 3.94. The highest BCUT2D eigenvalue weighted by atomic mass is 32.2. The van der Waals surface area contributed by atoms with Crippen molar-refractivity contribution in [2.75, 3.05) is 22.8 Å². The van der Waals surface area contributed by atoms with Gasteiger partial charge in [0.1, 0.15) is 11.5 Å². The van der Waals surface area contributed by atoms with Gasteiger partial charge in [-0.25, -0.2) is 22.6 Å². The van der Waals surface area contributed by atoms with E-state index in [-0.39, 0.29) is 41.1 Å². The van der Waals surface area contributed by atoms with Gasteiger partial charge in [-0.05, 0) is 24.3 Å². The molecule has 0 bridgehead atoms. The Kier molecular flexibility index (Phi) is 5.43. The molecule has 0 radical (unpaired) electrons. The van der Waals surface area contributed by atoms with Gasteiger partial charge in [-0.1, -0.05) is 6.07 Å². The molecule has 13 heteroatoms. The lowest BCUT2D eigenvalue weighted by molar-refractivity contribution is -0.137. The van der Waals surface area contributed by atoms with Gasteiger partial charge in [-0.3, -0.25) is 4.72 Å². The first-order valence-corrected chi connectivity index (χ1v) is 11.2. The zero-order valence-electron chi connectivity index (χ0n) is 15.9. The summed E-state index contributed by atoms with van der Waals surface area (Å²) in [5.41, 5.74) is -1.06. The van der Waals surface area contributed by atoms with Crippen molar-refractivity contribution in [1.82, 2.24) is 4.98 Å². The van der Waals surface area contributed by atoms with Gasteiger partial charge in [-0.2, -0.15) is 13.2 Å². The van der Waals surface area contributed by atoms with Gasteiger partial charge in [0.25, 0.3) is 10.0 Å². The number of fused-ring (bicyclic) bond motifs is 1. The molecular weight excluding hydrogens is 472 g/mol. The van der Waals surface area contributed by atoms with Gasteiger partial charge in [0.05, 0.1) is 18.8 Å². The number of hydrogen-bond acceptors (Lipinski definition) is 6. The van der Waals surface area contributed by atoms with E-state index in [9.17, 15) is 21.6 Å². The maximum atomic E-state index is 15.2. The molecule has 0 atom stereocenters. The van der Waals surface area contributed by atoms with Crippen LogP contribution in [0, 0.1) is 12.4 Å². The molecule has 3 aromatic rings. The molecule has 0 amide bonds. The van der Waals surface area contributed by atoms with Crippen molar-refractivity contribution in [3.8, 4) is 5.75 Å². The van der Waals surface area contributed by atoms with Gasteiger partial charge in [-0.15, -0.1) is 11.3 Å². The molecule has 4 rings (SSSR count). The molecule has 0 spiro atoms.